The van der Waals surface area contributed by atoms with Gasteiger partial charge in [0.1, 0.15) is 0 Å². The number of hydrogen-bond acceptors (Lipinski definition) is 3. The molecule has 1 aromatic rings. The SMILES string of the molecule is O=S1(=O)C=C[C@H](N(Cc2ccccc2)C(=S)NC2CCCCC2)C1. The molecule has 1 atom stereocenters. The minimum atomic E-state index is -3.11. The number of nitrogens with one attached hydrogen (secondary N) is 1. The van der Waals surface area contributed by atoms with Gasteiger partial charge in [0.05, 0.1) is 11.8 Å². The first-order chi connectivity index (χ1) is 11.5. The molecule has 1 saturated carbocycles. The van der Waals surface area contributed by atoms with E-state index in [4.69, 9.17) is 12.2 Å². The molecule has 0 radical (unpaired) electrons. The van der Waals surface area contributed by atoms with Gasteiger partial charge in [-0.15, -0.1) is 0 Å². The van der Waals surface area contributed by atoms with Crippen molar-refractivity contribution in [2.75, 3.05) is 5.75 Å². The second-order valence-corrected chi connectivity index (χ2v) is 8.94. The van der Waals surface area contributed by atoms with Crippen LogP contribution in [0.5, 0.6) is 0 Å². The standard InChI is InChI=1S/C18H24N2O2S2/c21-24(22)12-11-17(14-24)20(13-15-7-3-1-4-8-15)18(23)19-16-9-5-2-6-10-16/h1,3-4,7-8,11-12,16-17H,2,5-6,9-10,13-14H2,(H,19,23)/t17-/m0/s1. The predicted molar refractivity (Wildman–Crippen MR) is 101 cm³/mol. The lowest BCUT2D eigenvalue weighted by Gasteiger charge is -2.33. The first-order valence-corrected chi connectivity index (χ1v) is 10.7. The van der Waals surface area contributed by atoms with E-state index in [0.717, 1.165) is 18.4 Å². The molecule has 0 unspecified atom stereocenters. The van der Waals surface area contributed by atoms with Gasteiger partial charge in [-0.1, -0.05) is 49.6 Å². The Balaban J connectivity index is 1.73. The van der Waals surface area contributed by atoms with Gasteiger partial charge in [0.15, 0.2) is 14.9 Å². The van der Waals surface area contributed by atoms with Crippen LogP contribution in [0.2, 0.25) is 0 Å². The van der Waals surface area contributed by atoms with E-state index < -0.39 is 9.84 Å². The highest BCUT2D eigenvalue weighted by molar-refractivity contribution is 7.94. The van der Waals surface area contributed by atoms with Gasteiger partial charge in [0.25, 0.3) is 0 Å². The predicted octanol–water partition coefficient (Wildman–Crippen LogP) is 3.01. The summed E-state index contributed by atoms with van der Waals surface area (Å²) in [4.78, 5) is 2.01. The summed E-state index contributed by atoms with van der Waals surface area (Å²) in [6.07, 6.45) is 7.79. The Bertz CT molecular complexity index is 695. The monoisotopic (exact) mass is 364 g/mol. The average Bonchev–Trinajstić information content (AvgIpc) is 2.94. The molecule has 1 aromatic carbocycles. The molecule has 0 bridgehead atoms. The molecule has 1 N–H and O–H groups in total. The van der Waals surface area contributed by atoms with Crippen LogP contribution in [0.3, 0.4) is 0 Å². The van der Waals surface area contributed by atoms with E-state index >= 15 is 0 Å². The number of hydrogen-bond donors (Lipinski definition) is 1. The summed E-state index contributed by atoms with van der Waals surface area (Å²) in [5.74, 6) is 0.103. The Morgan fingerprint density at radius 3 is 2.50 bits per heavy atom. The van der Waals surface area contributed by atoms with E-state index in [-0.39, 0.29) is 11.8 Å². The largest absolute Gasteiger partial charge is 0.360 e. The van der Waals surface area contributed by atoms with Crippen molar-refractivity contribution in [3.8, 4) is 0 Å². The number of benzene rings is 1. The average molecular weight is 365 g/mol. The highest BCUT2D eigenvalue weighted by atomic mass is 32.2. The van der Waals surface area contributed by atoms with E-state index in [9.17, 15) is 8.42 Å². The Morgan fingerprint density at radius 2 is 1.88 bits per heavy atom. The summed E-state index contributed by atoms with van der Waals surface area (Å²) < 4.78 is 23.7. The van der Waals surface area contributed by atoms with Gasteiger partial charge in [0.2, 0.25) is 0 Å². The topological polar surface area (TPSA) is 49.4 Å². The fourth-order valence-corrected chi connectivity index (χ4v) is 5.04. The van der Waals surface area contributed by atoms with E-state index in [0.29, 0.717) is 17.7 Å². The molecule has 1 aliphatic heterocycles. The van der Waals surface area contributed by atoms with Crippen LogP contribution in [0.1, 0.15) is 37.7 Å². The molecule has 1 heterocycles. The third-order valence-electron chi connectivity index (χ3n) is 4.70. The van der Waals surface area contributed by atoms with E-state index in [1.807, 2.05) is 35.2 Å². The highest BCUT2D eigenvalue weighted by Crippen LogP contribution is 2.21. The van der Waals surface area contributed by atoms with Crippen LogP contribution in [0, 0.1) is 0 Å². The normalized spacial score (nSPS) is 23.1. The molecule has 0 spiro atoms. The van der Waals surface area contributed by atoms with E-state index in [2.05, 4.69) is 5.32 Å². The van der Waals surface area contributed by atoms with Crippen molar-refractivity contribution in [3.05, 3.63) is 47.4 Å². The maximum Gasteiger partial charge on any atom is 0.173 e. The summed E-state index contributed by atoms with van der Waals surface area (Å²) in [7, 11) is -3.11. The molecule has 0 saturated heterocycles. The maximum absolute atomic E-state index is 11.8. The summed E-state index contributed by atoms with van der Waals surface area (Å²) in [5.41, 5.74) is 1.13. The molecule has 130 valence electrons. The van der Waals surface area contributed by atoms with Crippen molar-refractivity contribution in [1.29, 1.82) is 0 Å². The van der Waals surface area contributed by atoms with Crippen molar-refractivity contribution >= 4 is 27.2 Å². The zero-order valence-electron chi connectivity index (χ0n) is 13.7. The summed E-state index contributed by atoms with van der Waals surface area (Å²) in [6, 6.07) is 10.3. The molecule has 1 aliphatic carbocycles. The van der Waals surface area contributed by atoms with Crippen molar-refractivity contribution < 1.29 is 8.42 Å². The summed E-state index contributed by atoms with van der Waals surface area (Å²) in [5, 5.41) is 5.45. The fourth-order valence-electron chi connectivity index (χ4n) is 3.38. The molecule has 4 nitrogen and oxygen atoms in total. The Hall–Kier alpha value is -1.40. The van der Waals surface area contributed by atoms with E-state index in [1.165, 1.54) is 24.7 Å². The van der Waals surface area contributed by atoms with E-state index in [1.54, 1.807) is 6.08 Å². The first-order valence-electron chi connectivity index (χ1n) is 8.55. The van der Waals surface area contributed by atoms with Gasteiger partial charge in [-0.25, -0.2) is 8.42 Å². The van der Waals surface area contributed by atoms with Gasteiger partial charge >= 0.3 is 0 Å². The Labute approximate surface area is 149 Å². The van der Waals surface area contributed by atoms with Crippen LogP contribution in [-0.4, -0.2) is 36.3 Å². The molecule has 0 amide bonds. The van der Waals surface area contributed by atoms with Crippen molar-refractivity contribution in [3.63, 3.8) is 0 Å². The third kappa shape index (κ3) is 4.57. The molecule has 24 heavy (non-hydrogen) atoms. The minimum Gasteiger partial charge on any atom is -0.360 e. The minimum absolute atomic E-state index is 0.103. The molecule has 0 aromatic heterocycles. The molecular formula is C18H24N2O2S2. The van der Waals surface area contributed by atoms with Crippen LogP contribution in [-0.2, 0) is 16.4 Å². The maximum atomic E-state index is 11.8. The summed E-state index contributed by atoms with van der Waals surface area (Å²) in [6.45, 7) is 0.615. The Kier molecular flexibility index (Phi) is 5.56. The first kappa shape index (κ1) is 17.4. The van der Waals surface area contributed by atoms with Gasteiger partial charge in [-0.3, -0.25) is 0 Å². The van der Waals surface area contributed by atoms with Crippen LogP contribution in [0.15, 0.2) is 41.8 Å². The number of sulfone groups is 1. The van der Waals surface area contributed by atoms with Gasteiger partial charge in [0, 0.05) is 18.0 Å². The second-order valence-electron chi connectivity index (χ2n) is 6.62. The van der Waals surface area contributed by atoms with Gasteiger partial charge < -0.3 is 10.2 Å². The molecular weight excluding hydrogens is 340 g/mol. The number of thiocarbonyl (C=S) groups is 1. The van der Waals surface area contributed by atoms with Crippen molar-refractivity contribution in [2.45, 2.75) is 50.7 Å². The second kappa shape index (κ2) is 7.66. The van der Waals surface area contributed by atoms with Crippen LogP contribution in [0.4, 0.5) is 0 Å². The molecule has 2 aliphatic rings. The fraction of sp³-hybridized carbons (Fsp3) is 0.500. The number of nitrogens with zero attached hydrogens (tertiary/aromatic N) is 1. The van der Waals surface area contributed by atoms with Crippen molar-refractivity contribution in [1.82, 2.24) is 10.2 Å². The van der Waals surface area contributed by atoms with Crippen LogP contribution in [0.25, 0.3) is 0 Å². The molecule has 3 rings (SSSR count). The zero-order chi connectivity index (χ0) is 17.0. The van der Waals surface area contributed by atoms with Crippen LogP contribution >= 0.6 is 12.2 Å². The summed E-state index contributed by atoms with van der Waals surface area (Å²) >= 11 is 5.65. The lowest BCUT2D eigenvalue weighted by atomic mass is 9.96. The Morgan fingerprint density at radius 1 is 1.17 bits per heavy atom. The molecule has 1 fully saturated rings. The lowest BCUT2D eigenvalue weighted by Crippen LogP contribution is -2.49. The molecule has 6 heteroatoms. The smallest absolute Gasteiger partial charge is 0.173 e. The lowest BCUT2D eigenvalue weighted by molar-refractivity contribution is 0.344. The number of rotatable bonds is 4. The van der Waals surface area contributed by atoms with Gasteiger partial charge in [-0.05, 0) is 36.7 Å². The zero-order valence-corrected chi connectivity index (χ0v) is 15.4. The van der Waals surface area contributed by atoms with Crippen molar-refractivity contribution in [2.24, 2.45) is 0 Å². The highest BCUT2D eigenvalue weighted by Gasteiger charge is 2.29. The quantitative estimate of drug-likeness (QED) is 0.833. The van der Waals surface area contributed by atoms with Crippen LogP contribution < -0.4 is 5.32 Å². The van der Waals surface area contributed by atoms with Gasteiger partial charge in [-0.2, -0.15) is 0 Å². The third-order valence-corrected chi connectivity index (χ3v) is 6.43.